The Labute approximate surface area is 117 Å². The molecule has 2 N–H and O–H groups in total. The van der Waals surface area contributed by atoms with E-state index in [0.29, 0.717) is 32.9 Å². The van der Waals surface area contributed by atoms with Crippen molar-refractivity contribution < 1.29 is 18.1 Å². The van der Waals surface area contributed by atoms with Gasteiger partial charge in [0.05, 0.1) is 0 Å². The number of hydrogen-bond acceptors (Lipinski definition) is 4. The van der Waals surface area contributed by atoms with E-state index in [1.807, 2.05) is 27.7 Å². The van der Waals surface area contributed by atoms with Crippen molar-refractivity contribution in [3.63, 3.8) is 0 Å². The molecule has 0 radical (unpaired) electrons. The van der Waals surface area contributed by atoms with Crippen LogP contribution >= 0.6 is 0 Å². The number of amides is 2. The van der Waals surface area contributed by atoms with Gasteiger partial charge in [-0.2, -0.15) is 0 Å². The second kappa shape index (κ2) is 11.2. The number of carbonyl (C=O) groups is 1. The van der Waals surface area contributed by atoms with Gasteiger partial charge in [-0.15, -0.1) is 0 Å². The molecule has 2 amide bonds. The van der Waals surface area contributed by atoms with E-state index in [-0.39, 0.29) is 6.03 Å². The van der Waals surface area contributed by atoms with Crippen LogP contribution in [0.4, 0.5) is 4.79 Å². The molecule has 7 heteroatoms. The van der Waals surface area contributed by atoms with Gasteiger partial charge in [-0.3, -0.25) is 0 Å². The molecule has 19 heavy (non-hydrogen) atoms. The zero-order chi connectivity index (χ0) is 14.6. The van der Waals surface area contributed by atoms with Crippen molar-refractivity contribution in [2.75, 3.05) is 32.9 Å². The summed E-state index contributed by atoms with van der Waals surface area (Å²) >= 11 is 0. The molecule has 6 nitrogen and oxygen atoms in total. The standard InChI is InChI=1S/C12H28N2O4Si/c1-5-13-12(15)14-10-9-11-19(16-6-2,17-7-3)18-8-4/h5-11H2,1-4H3,(H2,13,14,15). The van der Waals surface area contributed by atoms with Gasteiger partial charge >= 0.3 is 14.8 Å². The Balaban J connectivity index is 4.13. The van der Waals surface area contributed by atoms with Crippen molar-refractivity contribution in [3.8, 4) is 0 Å². The molecule has 0 spiro atoms. The van der Waals surface area contributed by atoms with Gasteiger partial charge in [0, 0.05) is 39.0 Å². The molecule has 0 aromatic carbocycles. The van der Waals surface area contributed by atoms with Crippen LogP contribution in [0.2, 0.25) is 6.04 Å². The molecule has 0 aliphatic heterocycles. The molecule has 0 heterocycles. The average Bonchev–Trinajstić information content (AvgIpc) is 2.36. The average molecular weight is 292 g/mol. The smallest absolute Gasteiger partial charge is 0.374 e. The molecule has 0 aliphatic rings. The van der Waals surface area contributed by atoms with E-state index in [9.17, 15) is 4.79 Å². The van der Waals surface area contributed by atoms with Crippen LogP contribution in [0.25, 0.3) is 0 Å². The molecule has 0 aliphatic carbocycles. The summed E-state index contributed by atoms with van der Waals surface area (Å²) in [5.41, 5.74) is 0. The van der Waals surface area contributed by atoms with Gasteiger partial charge in [-0.1, -0.05) is 0 Å². The predicted octanol–water partition coefficient (Wildman–Crippen LogP) is 1.74. The maximum Gasteiger partial charge on any atom is 0.500 e. The van der Waals surface area contributed by atoms with Crippen LogP contribution in [0, 0.1) is 0 Å². The minimum absolute atomic E-state index is 0.140. The van der Waals surface area contributed by atoms with E-state index in [1.165, 1.54) is 0 Å². The first-order chi connectivity index (χ1) is 9.14. The Morgan fingerprint density at radius 1 is 0.947 bits per heavy atom. The summed E-state index contributed by atoms with van der Waals surface area (Å²) in [5, 5.41) is 5.47. The lowest BCUT2D eigenvalue weighted by Crippen LogP contribution is -2.46. The van der Waals surface area contributed by atoms with E-state index in [4.69, 9.17) is 13.3 Å². The monoisotopic (exact) mass is 292 g/mol. The lowest BCUT2D eigenvalue weighted by atomic mass is 10.5. The van der Waals surface area contributed by atoms with E-state index in [2.05, 4.69) is 10.6 Å². The SMILES string of the molecule is CCNC(=O)NCCC[Si](OCC)(OCC)OCC. The molecule has 0 bridgehead atoms. The highest BCUT2D eigenvalue weighted by molar-refractivity contribution is 6.60. The summed E-state index contributed by atoms with van der Waals surface area (Å²) < 4.78 is 17.2. The highest BCUT2D eigenvalue weighted by atomic mass is 28.4. The maximum atomic E-state index is 11.2. The van der Waals surface area contributed by atoms with Crippen molar-refractivity contribution in [2.45, 2.75) is 40.2 Å². The van der Waals surface area contributed by atoms with E-state index < -0.39 is 8.80 Å². The first-order valence-corrected chi connectivity index (χ1v) is 9.00. The largest absolute Gasteiger partial charge is 0.500 e. The third kappa shape index (κ3) is 8.20. The lowest BCUT2D eigenvalue weighted by molar-refractivity contribution is 0.0708. The summed E-state index contributed by atoms with van der Waals surface area (Å²) in [4.78, 5) is 11.2. The molecule has 0 unspecified atom stereocenters. The Kier molecular flexibility index (Phi) is 10.8. The summed E-state index contributed by atoms with van der Waals surface area (Å²) in [7, 11) is -2.56. The molecular weight excluding hydrogens is 264 g/mol. The quantitative estimate of drug-likeness (QED) is 0.449. The molecule has 0 aromatic heterocycles. The van der Waals surface area contributed by atoms with Crippen molar-refractivity contribution >= 4 is 14.8 Å². The number of urea groups is 1. The van der Waals surface area contributed by atoms with Crippen molar-refractivity contribution in [2.24, 2.45) is 0 Å². The second-order valence-corrected chi connectivity index (χ2v) is 6.60. The predicted molar refractivity (Wildman–Crippen MR) is 77.1 cm³/mol. The van der Waals surface area contributed by atoms with Crippen LogP contribution in [0.3, 0.4) is 0 Å². The maximum absolute atomic E-state index is 11.2. The highest BCUT2D eigenvalue weighted by Gasteiger charge is 2.39. The van der Waals surface area contributed by atoms with Gasteiger partial charge < -0.3 is 23.9 Å². The van der Waals surface area contributed by atoms with Crippen molar-refractivity contribution in [1.82, 2.24) is 10.6 Å². The van der Waals surface area contributed by atoms with Crippen LogP contribution in [0.15, 0.2) is 0 Å². The van der Waals surface area contributed by atoms with Crippen molar-refractivity contribution in [3.05, 3.63) is 0 Å². The molecule has 0 aromatic rings. The molecule has 0 saturated heterocycles. The van der Waals surface area contributed by atoms with Gasteiger partial charge in [-0.25, -0.2) is 4.79 Å². The normalized spacial score (nSPS) is 11.4. The summed E-state index contributed by atoms with van der Waals surface area (Å²) in [6.45, 7) is 10.7. The summed E-state index contributed by atoms with van der Waals surface area (Å²) in [6, 6.07) is 0.577. The van der Waals surface area contributed by atoms with Gasteiger partial charge in [0.1, 0.15) is 0 Å². The number of hydrogen-bond donors (Lipinski definition) is 2. The Morgan fingerprint density at radius 3 is 1.89 bits per heavy atom. The van der Waals surface area contributed by atoms with Gasteiger partial charge in [-0.05, 0) is 34.1 Å². The molecule has 0 rings (SSSR count). The minimum Gasteiger partial charge on any atom is -0.374 e. The number of nitrogens with one attached hydrogen (secondary N) is 2. The Hall–Kier alpha value is -0.633. The first kappa shape index (κ1) is 18.4. The molecular formula is C12H28N2O4Si. The lowest BCUT2D eigenvalue weighted by Gasteiger charge is -2.28. The van der Waals surface area contributed by atoms with E-state index in [1.54, 1.807) is 0 Å². The molecule has 114 valence electrons. The second-order valence-electron chi connectivity index (χ2n) is 3.87. The zero-order valence-electron chi connectivity index (χ0n) is 12.6. The van der Waals surface area contributed by atoms with Gasteiger partial charge in [0.2, 0.25) is 0 Å². The number of rotatable bonds is 11. The third-order valence-corrected chi connectivity index (χ3v) is 5.53. The fraction of sp³-hybridized carbons (Fsp3) is 0.917. The van der Waals surface area contributed by atoms with Gasteiger partial charge in [0.25, 0.3) is 0 Å². The van der Waals surface area contributed by atoms with Crippen LogP contribution in [-0.2, 0) is 13.3 Å². The van der Waals surface area contributed by atoms with Gasteiger partial charge in [0.15, 0.2) is 0 Å². The fourth-order valence-electron chi connectivity index (χ4n) is 1.73. The van der Waals surface area contributed by atoms with E-state index in [0.717, 1.165) is 12.5 Å². The first-order valence-electron chi connectivity index (χ1n) is 7.07. The summed E-state index contributed by atoms with van der Waals surface area (Å²) in [6.07, 6.45) is 0.781. The van der Waals surface area contributed by atoms with Crippen molar-refractivity contribution in [1.29, 1.82) is 0 Å². The molecule has 0 atom stereocenters. The minimum atomic E-state index is -2.56. The van der Waals surface area contributed by atoms with Crippen LogP contribution < -0.4 is 10.6 Å². The van der Waals surface area contributed by atoms with Crippen LogP contribution in [0.1, 0.15) is 34.1 Å². The van der Waals surface area contributed by atoms with Crippen LogP contribution in [0.5, 0.6) is 0 Å². The highest BCUT2D eigenvalue weighted by Crippen LogP contribution is 2.17. The Bertz CT molecular complexity index is 225. The third-order valence-electron chi connectivity index (χ3n) is 2.38. The van der Waals surface area contributed by atoms with Crippen LogP contribution in [-0.4, -0.2) is 47.7 Å². The Morgan fingerprint density at radius 2 is 1.47 bits per heavy atom. The van der Waals surface area contributed by atoms with E-state index >= 15 is 0 Å². The summed E-state index contributed by atoms with van der Waals surface area (Å²) in [5.74, 6) is 0. The zero-order valence-corrected chi connectivity index (χ0v) is 13.6. The topological polar surface area (TPSA) is 68.8 Å². The fourth-order valence-corrected chi connectivity index (χ4v) is 4.34. The number of carbonyl (C=O) groups excluding carboxylic acids is 1. The molecule has 0 fully saturated rings. The molecule has 0 saturated carbocycles.